The third-order valence-electron chi connectivity index (χ3n) is 5.01. The van der Waals surface area contributed by atoms with Gasteiger partial charge in [0.25, 0.3) is 0 Å². The first-order valence-electron chi connectivity index (χ1n) is 9.13. The molecule has 0 radical (unpaired) electrons. The molecule has 0 bridgehead atoms. The number of aromatic nitrogens is 2. The number of aromatic amines is 2. The molecule has 0 aliphatic carbocycles. The van der Waals surface area contributed by atoms with Crippen molar-refractivity contribution in [3.05, 3.63) is 59.7 Å². The zero-order valence-electron chi connectivity index (χ0n) is 14.5. The monoisotopic (exact) mass is 340 g/mol. The highest BCUT2D eigenvalue weighted by atomic mass is 14.8. The Hall–Kier alpha value is -3.14. The number of fused-ring (bicyclic) bond motifs is 7. The fourth-order valence-electron chi connectivity index (χ4n) is 3.71. The highest BCUT2D eigenvalue weighted by Crippen LogP contribution is 2.34. The van der Waals surface area contributed by atoms with Crippen molar-refractivity contribution >= 4 is 34.2 Å². The first kappa shape index (κ1) is 15.1. The number of nitrogens with zero attached hydrogens (tertiary/aromatic N) is 2. The van der Waals surface area contributed by atoms with Crippen LogP contribution in [0.5, 0.6) is 0 Å². The Balaban J connectivity index is 1.85. The highest BCUT2D eigenvalue weighted by molar-refractivity contribution is 6.11. The maximum Gasteiger partial charge on any atom is 0.0726 e. The van der Waals surface area contributed by atoms with Crippen molar-refractivity contribution in [2.45, 2.75) is 12.8 Å². The zero-order valence-corrected chi connectivity index (χ0v) is 14.5. The smallest absolute Gasteiger partial charge is 0.0726 e. The van der Waals surface area contributed by atoms with Gasteiger partial charge in [-0.05, 0) is 25.0 Å². The van der Waals surface area contributed by atoms with E-state index in [4.69, 9.17) is 0 Å². The van der Waals surface area contributed by atoms with Crippen LogP contribution >= 0.6 is 0 Å². The SMILES string of the molecule is C1=NCCCCN=Cc2c([nH]c3ccccc23)-c2[nH]c3ccccc3c21. The number of para-hydroxylation sites is 2. The van der Waals surface area contributed by atoms with Crippen LogP contribution < -0.4 is 0 Å². The topological polar surface area (TPSA) is 56.3 Å². The molecule has 3 heterocycles. The fraction of sp³-hybridized carbons (Fsp3) is 0.182. The van der Waals surface area contributed by atoms with Crippen LogP contribution in [0.25, 0.3) is 33.2 Å². The second-order valence-corrected chi connectivity index (χ2v) is 6.70. The number of nitrogens with one attached hydrogen (secondary N) is 2. The number of H-pyrrole nitrogens is 2. The molecule has 4 aromatic rings. The van der Waals surface area contributed by atoms with Crippen molar-refractivity contribution < 1.29 is 0 Å². The molecule has 4 nitrogen and oxygen atoms in total. The Morgan fingerprint density at radius 1 is 0.615 bits per heavy atom. The summed E-state index contributed by atoms with van der Waals surface area (Å²) >= 11 is 0. The van der Waals surface area contributed by atoms with E-state index in [1.807, 2.05) is 12.4 Å². The summed E-state index contributed by atoms with van der Waals surface area (Å²) in [5.74, 6) is 0. The van der Waals surface area contributed by atoms with Crippen molar-refractivity contribution in [3.63, 3.8) is 0 Å². The first-order valence-corrected chi connectivity index (χ1v) is 9.13. The van der Waals surface area contributed by atoms with E-state index in [0.717, 1.165) is 59.5 Å². The van der Waals surface area contributed by atoms with Crippen molar-refractivity contribution in [3.8, 4) is 11.4 Å². The summed E-state index contributed by atoms with van der Waals surface area (Å²) in [6.45, 7) is 1.68. The fourth-order valence-corrected chi connectivity index (χ4v) is 3.71. The van der Waals surface area contributed by atoms with Gasteiger partial charge in [0.1, 0.15) is 0 Å². The number of aliphatic imine (C=N–C) groups is 2. The Kier molecular flexibility index (Phi) is 3.67. The third-order valence-corrected chi connectivity index (χ3v) is 5.01. The minimum Gasteiger partial charge on any atom is -0.353 e. The Morgan fingerprint density at radius 2 is 1.08 bits per heavy atom. The van der Waals surface area contributed by atoms with Gasteiger partial charge in [-0.3, -0.25) is 9.98 Å². The van der Waals surface area contributed by atoms with E-state index in [-0.39, 0.29) is 0 Å². The third kappa shape index (κ3) is 2.46. The van der Waals surface area contributed by atoms with Gasteiger partial charge >= 0.3 is 0 Å². The quantitative estimate of drug-likeness (QED) is 0.455. The van der Waals surface area contributed by atoms with Gasteiger partial charge in [-0.15, -0.1) is 0 Å². The number of rotatable bonds is 0. The van der Waals surface area contributed by atoms with Crippen LogP contribution in [0.4, 0.5) is 0 Å². The molecule has 0 spiro atoms. The van der Waals surface area contributed by atoms with Gasteiger partial charge in [-0.25, -0.2) is 0 Å². The maximum atomic E-state index is 4.68. The molecule has 0 saturated heterocycles. The maximum absolute atomic E-state index is 4.68. The molecule has 128 valence electrons. The molecule has 0 saturated carbocycles. The van der Waals surface area contributed by atoms with Crippen LogP contribution in [0.2, 0.25) is 0 Å². The lowest BCUT2D eigenvalue weighted by atomic mass is 10.1. The van der Waals surface area contributed by atoms with E-state index >= 15 is 0 Å². The predicted octanol–water partition coefficient (Wildman–Crippen LogP) is 4.95. The van der Waals surface area contributed by atoms with Crippen molar-refractivity contribution in [2.24, 2.45) is 9.98 Å². The summed E-state index contributed by atoms with van der Waals surface area (Å²) in [4.78, 5) is 16.6. The average molecular weight is 340 g/mol. The Labute approximate surface area is 151 Å². The first-order chi connectivity index (χ1) is 12.9. The van der Waals surface area contributed by atoms with Gasteiger partial charge in [-0.2, -0.15) is 0 Å². The Bertz CT molecular complexity index is 1050. The molecular weight excluding hydrogens is 320 g/mol. The molecule has 2 aromatic carbocycles. The molecule has 0 amide bonds. The van der Waals surface area contributed by atoms with Crippen molar-refractivity contribution in [1.29, 1.82) is 0 Å². The lowest BCUT2D eigenvalue weighted by Crippen LogP contribution is -1.94. The van der Waals surface area contributed by atoms with Gasteiger partial charge in [0, 0.05) is 58.5 Å². The van der Waals surface area contributed by atoms with Crippen molar-refractivity contribution in [1.82, 2.24) is 9.97 Å². The van der Waals surface area contributed by atoms with Crippen LogP contribution in [0.3, 0.4) is 0 Å². The Morgan fingerprint density at radius 3 is 1.58 bits per heavy atom. The summed E-state index contributed by atoms with van der Waals surface area (Å²) < 4.78 is 0. The minimum absolute atomic E-state index is 0.841. The largest absolute Gasteiger partial charge is 0.353 e. The second kappa shape index (κ2) is 6.30. The van der Waals surface area contributed by atoms with Gasteiger partial charge in [0.2, 0.25) is 0 Å². The lowest BCUT2D eigenvalue weighted by Gasteiger charge is -2.03. The standard InChI is InChI=1S/C22H20N4/c1-3-9-19-15(7-1)17-13-23-11-5-6-12-24-14-18-16-8-2-4-10-20(16)26-22(18)21(17)25-19/h1-4,7-10,13-14,25-26H,5-6,11-12H2. The number of benzene rings is 2. The summed E-state index contributed by atoms with van der Waals surface area (Å²) in [5.41, 5.74) is 6.69. The molecule has 2 aromatic heterocycles. The molecule has 0 atom stereocenters. The van der Waals surface area contributed by atoms with E-state index in [9.17, 15) is 0 Å². The average Bonchev–Trinajstić information content (AvgIpc) is 3.21. The van der Waals surface area contributed by atoms with E-state index in [1.54, 1.807) is 0 Å². The summed E-state index contributed by atoms with van der Waals surface area (Å²) in [5, 5.41) is 2.40. The summed E-state index contributed by atoms with van der Waals surface area (Å²) in [6.07, 6.45) is 6.18. The molecule has 0 unspecified atom stereocenters. The zero-order chi connectivity index (χ0) is 17.3. The van der Waals surface area contributed by atoms with Crippen LogP contribution in [0.15, 0.2) is 58.5 Å². The van der Waals surface area contributed by atoms with Gasteiger partial charge in [0.15, 0.2) is 0 Å². The molecular formula is C22H20N4. The van der Waals surface area contributed by atoms with Crippen molar-refractivity contribution in [2.75, 3.05) is 13.1 Å². The minimum atomic E-state index is 0.841. The molecule has 1 aliphatic rings. The second-order valence-electron chi connectivity index (χ2n) is 6.70. The number of hydrogen-bond acceptors (Lipinski definition) is 2. The van der Waals surface area contributed by atoms with E-state index < -0.39 is 0 Å². The normalized spacial score (nSPS) is 14.8. The number of hydrogen-bond donors (Lipinski definition) is 2. The van der Waals surface area contributed by atoms with Crippen LogP contribution in [-0.2, 0) is 0 Å². The molecule has 2 N–H and O–H groups in total. The molecule has 26 heavy (non-hydrogen) atoms. The van der Waals surface area contributed by atoms with E-state index in [1.165, 1.54) is 10.8 Å². The lowest BCUT2D eigenvalue weighted by molar-refractivity contribution is 0.760. The van der Waals surface area contributed by atoms with Crippen LogP contribution in [-0.4, -0.2) is 35.5 Å². The molecule has 1 aliphatic heterocycles. The summed E-state index contributed by atoms with van der Waals surface area (Å²) in [7, 11) is 0. The summed E-state index contributed by atoms with van der Waals surface area (Å²) in [6, 6.07) is 16.8. The van der Waals surface area contributed by atoms with Gasteiger partial charge in [-0.1, -0.05) is 36.4 Å². The highest BCUT2D eigenvalue weighted by Gasteiger charge is 2.18. The van der Waals surface area contributed by atoms with Crippen LogP contribution in [0, 0.1) is 0 Å². The predicted molar refractivity (Wildman–Crippen MR) is 110 cm³/mol. The van der Waals surface area contributed by atoms with Crippen LogP contribution in [0.1, 0.15) is 24.0 Å². The molecule has 0 fully saturated rings. The molecule has 4 heteroatoms. The molecule has 5 rings (SSSR count). The van der Waals surface area contributed by atoms with Gasteiger partial charge < -0.3 is 9.97 Å². The van der Waals surface area contributed by atoms with E-state index in [0.29, 0.717) is 0 Å². The van der Waals surface area contributed by atoms with Gasteiger partial charge in [0.05, 0.1) is 11.4 Å². The van der Waals surface area contributed by atoms with E-state index in [2.05, 4.69) is 68.5 Å².